The van der Waals surface area contributed by atoms with Crippen LogP contribution in [0.2, 0.25) is 0 Å². The number of rotatable bonds is 2. The van der Waals surface area contributed by atoms with Gasteiger partial charge in [-0.1, -0.05) is 0 Å². The third-order valence-corrected chi connectivity index (χ3v) is 4.88. The number of carbonyl (C=O) groups is 1. The molecule has 5 nitrogen and oxygen atoms in total. The zero-order valence-electron chi connectivity index (χ0n) is 15.0. The number of ether oxygens (including phenoxy) is 2. The molecule has 1 aromatic carbocycles. The van der Waals surface area contributed by atoms with Crippen LogP contribution in [0.15, 0.2) is 30.5 Å². The van der Waals surface area contributed by atoms with Crippen molar-refractivity contribution in [3.63, 3.8) is 0 Å². The van der Waals surface area contributed by atoms with Gasteiger partial charge in [0, 0.05) is 17.3 Å². The van der Waals surface area contributed by atoms with Crippen molar-refractivity contribution in [3.05, 3.63) is 36.0 Å². The first-order chi connectivity index (χ1) is 11.9. The summed E-state index contributed by atoms with van der Waals surface area (Å²) in [6.45, 7) is 7.20. The Morgan fingerprint density at radius 2 is 1.92 bits per heavy atom. The van der Waals surface area contributed by atoms with E-state index in [9.17, 15) is 4.79 Å². The second kappa shape index (κ2) is 5.99. The summed E-state index contributed by atoms with van der Waals surface area (Å²) < 4.78 is 11.3. The molecule has 0 amide bonds. The molecule has 1 aromatic heterocycles. The first-order valence-corrected chi connectivity index (χ1v) is 8.90. The van der Waals surface area contributed by atoms with Gasteiger partial charge < -0.3 is 14.4 Å². The Kier molecular flexibility index (Phi) is 3.91. The maximum Gasteiger partial charge on any atom is 0.339 e. The van der Waals surface area contributed by atoms with Gasteiger partial charge in [-0.2, -0.15) is 0 Å². The summed E-state index contributed by atoms with van der Waals surface area (Å²) in [5, 5.41) is 0.847. The normalized spacial score (nSPS) is 23.1. The molecule has 5 heteroatoms. The lowest BCUT2D eigenvalue weighted by atomic mass is 10.1. The predicted molar refractivity (Wildman–Crippen MR) is 97.0 cm³/mol. The highest BCUT2D eigenvalue weighted by molar-refractivity contribution is 6.04. The molecule has 2 atom stereocenters. The highest BCUT2D eigenvalue weighted by atomic mass is 16.6. The fourth-order valence-corrected chi connectivity index (χ4v) is 3.86. The molecule has 2 unspecified atom stereocenters. The predicted octanol–water partition coefficient (Wildman–Crippen LogP) is 3.56. The lowest BCUT2D eigenvalue weighted by Crippen LogP contribution is -2.45. The zero-order valence-corrected chi connectivity index (χ0v) is 15.0. The van der Waals surface area contributed by atoms with E-state index in [0.29, 0.717) is 17.6 Å². The van der Waals surface area contributed by atoms with Crippen LogP contribution < -0.4 is 4.90 Å². The number of fused-ring (bicyclic) bond motifs is 3. The average molecular weight is 340 g/mol. The van der Waals surface area contributed by atoms with E-state index in [-0.39, 0.29) is 5.97 Å². The van der Waals surface area contributed by atoms with Crippen LogP contribution >= 0.6 is 0 Å². The van der Waals surface area contributed by atoms with Crippen molar-refractivity contribution in [2.45, 2.75) is 51.3 Å². The Hall–Kier alpha value is -2.14. The molecule has 0 N–H and O–H groups in total. The summed E-state index contributed by atoms with van der Waals surface area (Å²) in [6, 6.07) is 8.78. The van der Waals surface area contributed by atoms with Gasteiger partial charge in [-0.25, -0.2) is 4.79 Å². The Labute approximate surface area is 147 Å². The fraction of sp³-hybridized carbons (Fsp3) is 0.500. The van der Waals surface area contributed by atoms with Crippen molar-refractivity contribution < 1.29 is 14.3 Å². The fourth-order valence-electron chi connectivity index (χ4n) is 3.86. The summed E-state index contributed by atoms with van der Waals surface area (Å²) in [4.78, 5) is 19.5. The van der Waals surface area contributed by atoms with Gasteiger partial charge in [0.1, 0.15) is 5.60 Å². The molecule has 0 saturated carbocycles. The van der Waals surface area contributed by atoms with Gasteiger partial charge >= 0.3 is 5.97 Å². The van der Waals surface area contributed by atoms with E-state index in [4.69, 9.17) is 9.47 Å². The number of hydrogen-bond acceptors (Lipinski definition) is 5. The van der Waals surface area contributed by atoms with Crippen molar-refractivity contribution in [2.24, 2.45) is 0 Å². The zero-order chi connectivity index (χ0) is 17.6. The molecular weight excluding hydrogens is 316 g/mol. The number of pyridine rings is 1. The van der Waals surface area contributed by atoms with E-state index >= 15 is 0 Å². The first-order valence-electron chi connectivity index (χ1n) is 8.90. The summed E-state index contributed by atoms with van der Waals surface area (Å²) in [5.41, 5.74) is 2.00. The quantitative estimate of drug-likeness (QED) is 0.783. The standard InChI is InChI=1S/C20H24N2O3/c1-20(2,3)25-19(23)16-8-9-21-18-7-6-13(10-17(16)18)22-14-4-5-15(22)12-24-11-14/h6-10,14-15H,4-5,11-12H2,1-3H3. The Balaban J connectivity index is 1.74. The average Bonchev–Trinajstić information content (AvgIpc) is 2.81. The van der Waals surface area contributed by atoms with Crippen LogP contribution in [0.3, 0.4) is 0 Å². The maximum absolute atomic E-state index is 12.6. The second-order valence-corrected chi connectivity index (χ2v) is 7.89. The summed E-state index contributed by atoms with van der Waals surface area (Å²) in [6.07, 6.45) is 3.99. The van der Waals surface area contributed by atoms with Gasteiger partial charge in [0.2, 0.25) is 0 Å². The molecule has 2 aliphatic rings. The largest absolute Gasteiger partial charge is 0.456 e. The SMILES string of the molecule is CC(C)(C)OC(=O)c1ccnc2ccc(N3C4CCC3COC4)cc12. The molecule has 25 heavy (non-hydrogen) atoms. The molecule has 2 fully saturated rings. The van der Waals surface area contributed by atoms with Crippen LogP contribution in [0.4, 0.5) is 5.69 Å². The topological polar surface area (TPSA) is 51.7 Å². The molecule has 2 saturated heterocycles. The van der Waals surface area contributed by atoms with Crippen LogP contribution in [0, 0.1) is 0 Å². The molecule has 0 aliphatic carbocycles. The lowest BCUT2D eigenvalue weighted by Gasteiger charge is -2.36. The monoisotopic (exact) mass is 340 g/mol. The van der Waals surface area contributed by atoms with E-state index in [2.05, 4.69) is 22.0 Å². The van der Waals surface area contributed by atoms with Crippen molar-refractivity contribution in [1.82, 2.24) is 4.98 Å². The molecule has 2 aliphatic heterocycles. The van der Waals surface area contributed by atoms with Crippen LogP contribution in [0.25, 0.3) is 10.9 Å². The highest BCUT2D eigenvalue weighted by Gasteiger charge is 2.37. The first kappa shape index (κ1) is 16.3. The molecule has 0 radical (unpaired) electrons. The van der Waals surface area contributed by atoms with Gasteiger partial charge in [0.15, 0.2) is 0 Å². The molecule has 2 aromatic rings. The molecule has 0 spiro atoms. The van der Waals surface area contributed by atoms with Gasteiger partial charge in [0.25, 0.3) is 0 Å². The van der Waals surface area contributed by atoms with E-state index in [1.165, 1.54) is 0 Å². The number of nitrogens with zero attached hydrogens (tertiary/aromatic N) is 2. The van der Waals surface area contributed by atoms with E-state index in [1.807, 2.05) is 26.8 Å². The van der Waals surface area contributed by atoms with Crippen molar-refractivity contribution in [1.29, 1.82) is 0 Å². The van der Waals surface area contributed by atoms with Gasteiger partial charge in [0.05, 0.1) is 36.4 Å². The molecule has 132 valence electrons. The van der Waals surface area contributed by atoms with Crippen LogP contribution in [0.1, 0.15) is 44.0 Å². The van der Waals surface area contributed by atoms with E-state index < -0.39 is 5.60 Å². The van der Waals surface area contributed by atoms with Crippen molar-refractivity contribution in [2.75, 3.05) is 18.1 Å². The van der Waals surface area contributed by atoms with E-state index in [1.54, 1.807) is 12.3 Å². The van der Waals surface area contributed by atoms with Crippen molar-refractivity contribution in [3.8, 4) is 0 Å². The van der Waals surface area contributed by atoms with Gasteiger partial charge in [-0.3, -0.25) is 4.98 Å². The van der Waals surface area contributed by atoms with Crippen molar-refractivity contribution >= 4 is 22.6 Å². The minimum atomic E-state index is -0.520. The Morgan fingerprint density at radius 1 is 1.20 bits per heavy atom. The minimum absolute atomic E-state index is 0.304. The lowest BCUT2D eigenvalue weighted by molar-refractivity contribution is 0.00718. The second-order valence-electron chi connectivity index (χ2n) is 7.89. The third-order valence-electron chi connectivity index (χ3n) is 4.88. The molecule has 4 rings (SSSR count). The molecule has 3 heterocycles. The summed E-state index contributed by atoms with van der Waals surface area (Å²) >= 11 is 0. The molecule has 2 bridgehead atoms. The number of carbonyl (C=O) groups excluding carboxylic acids is 1. The summed E-state index contributed by atoms with van der Waals surface area (Å²) in [7, 11) is 0. The maximum atomic E-state index is 12.6. The number of esters is 1. The van der Waals surface area contributed by atoms with E-state index in [0.717, 1.165) is 42.6 Å². The van der Waals surface area contributed by atoms with Crippen LogP contribution in [0.5, 0.6) is 0 Å². The number of morpholine rings is 1. The number of hydrogen-bond donors (Lipinski definition) is 0. The van der Waals surface area contributed by atoms with Gasteiger partial charge in [-0.05, 0) is 57.9 Å². The summed E-state index contributed by atoms with van der Waals surface area (Å²) in [5.74, 6) is -0.304. The Bertz CT molecular complexity index is 796. The number of aromatic nitrogens is 1. The van der Waals surface area contributed by atoms with Crippen LogP contribution in [-0.2, 0) is 9.47 Å². The van der Waals surface area contributed by atoms with Crippen LogP contribution in [-0.4, -0.2) is 41.9 Å². The minimum Gasteiger partial charge on any atom is -0.456 e. The highest BCUT2D eigenvalue weighted by Crippen LogP contribution is 2.35. The number of anilines is 1. The third kappa shape index (κ3) is 3.09. The molecular formula is C20H24N2O3. The number of benzene rings is 1. The Morgan fingerprint density at radius 3 is 2.60 bits per heavy atom. The smallest absolute Gasteiger partial charge is 0.339 e. The van der Waals surface area contributed by atoms with Gasteiger partial charge in [-0.15, -0.1) is 0 Å².